The maximum absolute atomic E-state index is 11.8. The smallest absolute Gasteiger partial charge is 0.317 e. The van der Waals surface area contributed by atoms with E-state index in [1.165, 1.54) is 0 Å². The number of carboxylic acids is 1. The highest BCUT2D eigenvalue weighted by Gasteiger charge is 2.30. The van der Waals surface area contributed by atoms with Gasteiger partial charge in [0.05, 0.1) is 12.5 Å². The van der Waals surface area contributed by atoms with Gasteiger partial charge >= 0.3 is 12.0 Å². The van der Waals surface area contributed by atoms with Gasteiger partial charge in [-0.1, -0.05) is 18.2 Å². The summed E-state index contributed by atoms with van der Waals surface area (Å²) in [6.07, 6.45) is 1.23. The van der Waals surface area contributed by atoms with Crippen LogP contribution in [0.2, 0.25) is 0 Å². The molecule has 1 atom stereocenters. The lowest BCUT2D eigenvalue weighted by Gasteiger charge is -2.16. The summed E-state index contributed by atoms with van der Waals surface area (Å²) in [4.78, 5) is 24.2. The predicted molar refractivity (Wildman–Crippen MR) is 77.3 cm³/mol. The van der Waals surface area contributed by atoms with E-state index in [4.69, 9.17) is 9.84 Å². The fourth-order valence-electron chi connectivity index (χ4n) is 2.23. The van der Waals surface area contributed by atoms with Gasteiger partial charge in [-0.25, -0.2) is 4.79 Å². The first kappa shape index (κ1) is 15.2. The third-order valence-electron chi connectivity index (χ3n) is 3.43. The molecule has 6 nitrogen and oxygen atoms in total. The molecule has 1 aromatic carbocycles. The zero-order valence-corrected chi connectivity index (χ0v) is 11.8. The first-order valence-electron chi connectivity index (χ1n) is 7.10. The number of ether oxygens (including phenoxy) is 1. The highest BCUT2D eigenvalue weighted by atomic mass is 16.5. The molecule has 1 aromatic rings. The van der Waals surface area contributed by atoms with Crippen molar-refractivity contribution >= 4 is 12.0 Å². The van der Waals surface area contributed by atoms with Crippen molar-refractivity contribution in [2.24, 2.45) is 5.92 Å². The minimum atomic E-state index is -0.832. The van der Waals surface area contributed by atoms with Gasteiger partial charge in [0.2, 0.25) is 0 Å². The van der Waals surface area contributed by atoms with Crippen molar-refractivity contribution in [2.75, 3.05) is 26.2 Å². The molecule has 2 rings (SSSR count). The first-order chi connectivity index (χ1) is 10.2. The number of carboxylic acid groups (broad SMARTS) is 1. The van der Waals surface area contributed by atoms with E-state index in [0.717, 1.165) is 5.75 Å². The van der Waals surface area contributed by atoms with Crippen LogP contribution in [0.5, 0.6) is 5.75 Å². The average molecular weight is 292 g/mol. The Morgan fingerprint density at radius 1 is 1.33 bits per heavy atom. The molecule has 1 saturated heterocycles. The SMILES string of the molecule is O=C(O)C1CCN(C(=O)NCCCOc2ccccc2)C1. The van der Waals surface area contributed by atoms with E-state index in [-0.39, 0.29) is 6.03 Å². The summed E-state index contributed by atoms with van der Waals surface area (Å²) < 4.78 is 5.52. The normalized spacial score (nSPS) is 17.5. The second kappa shape index (κ2) is 7.52. The van der Waals surface area contributed by atoms with Crippen LogP contribution >= 0.6 is 0 Å². The van der Waals surface area contributed by atoms with Gasteiger partial charge in [-0.05, 0) is 25.0 Å². The second-order valence-corrected chi connectivity index (χ2v) is 5.02. The van der Waals surface area contributed by atoms with Crippen LogP contribution in [0.3, 0.4) is 0 Å². The van der Waals surface area contributed by atoms with Crippen LogP contribution in [0.4, 0.5) is 4.79 Å². The van der Waals surface area contributed by atoms with E-state index in [2.05, 4.69) is 5.32 Å². The Morgan fingerprint density at radius 2 is 2.10 bits per heavy atom. The lowest BCUT2D eigenvalue weighted by Crippen LogP contribution is -2.39. The van der Waals surface area contributed by atoms with E-state index in [1.807, 2.05) is 30.3 Å². The molecule has 2 N–H and O–H groups in total. The van der Waals surface area contributed by atoms with E-state index >= 15 is 0 Å². The fraction of sp³-hybridized carbons (Fsp3) is 0.467. The van der Waals surface area contributed by atoms with Crippen LogP contribution in [0.25, 0.3) is 0 Å². The van der Waals surface area contributed by atoms with Gasteiger partial charge in [0.25, 0.3) is 0 Å². The van der Waals surface area contributed by atoms with Crippen molar-refractivity contribution in [1.29, 1.82) is 0 Å². The average Bonchev–Trinajstić information content (AvgIpc) is 2.98. The molecular formula is C15H20N2O4. The summed E-state index contributed by atoms with van der Waals surface area (Å²) in [6.45, 7) is 1.84. The molecule has 1 fully saturated rings. The molecule has 0 spiro atoms. The molecule has 0 saturated carbocycles. The van der Waals surface area contributed by atoms with Gasteiger partial charge in [0.15, 0.2) is 0 Å². The number of aliphatic carboxylic acids is 1. The molecule has 21 heavy (non-hydrogen) atoms. The molecule has 2 amide bonds. The minimum Gasteiger partial charge on any atom is -0.494 e. The van der Waals surface area contributed by atoms with Gasteiger partial charge in [0.1, 0.15) is 5.75 Å². The summed E-state index contributed by atoms with van der Waals surface area (Å²) >= 11 is 0. The Kier molecular flexibility index (Phi) is 5.43. The Bertz CT molecular complexity index is 478. The molecule has 1 aliphatic heterocycles. The van der Waals surface area contributed by atoms with Gasteiger partial charge in [-0.2, -0.15) is 0 Å². The van der Waals surface area contributed by atoms with E-state index in [9.17, 15) is 9.59 Å². The van der Waals surface area contributed by atoms with Crippen LogP contribution in [0, 0.1) is 5.92 Å². The Morgan fingerprint density at radius 3 is 2.76 bits per heavy atom. The van der Waals surface area contributed by atoms with Crippen molar-refractivity contribution in [3.8, 4) is 5.75 Å². The van der Waals surface area contributed by atoms with E-state index < -0.39 is 11.9 Å². The minimum absolute atomic E-state index is 0.196. The summed E-state index contributed by atoms with van der Waals surface area (Å²) in [6, 6.07) is 9.31. The summed E-state index contributed by atoms with van der Waals surface area (Å²) in [5.41, 5.74) is 0. The number of rotatable bonds is 6. The Labute approximate surface area is 123 Å². The van der Waals surface area contributed by atoms with Gasteiger partial charge < -0.3 is 20.1 Å². The topological polar surface area (TPSA) is 78.9 Å². The monoisotopic (exact) mass is 292 g/mol. The quantitative estimate of drug-likeness (QED) is 0.780. The molecule has 0 aromatic heterocycles. The van der Waals surface area contributed by atoms with Crippen LogP contribution in [-0.4, -0.2) is 48.2 Å². The largest absolute Gasteiger partial charge is 0.494 e. The summed E-state index contributed by atoms with van der Waals surface area (Å²) in [5.74, 6) is -0.452. The van der Waals surface area contributed by atoms with Crippen molar-refractivity contribution in [3.63, 3.8) is 0 Å². The summed E-state index contributed by atoms with van der Waals surface area (Å²) in [5, 5.41) is 11.7. The number of hydrogen-bond acceptors (Lipinski definition) is 3. The number of likely N-dealkylation sites (tertiary alicyclic amines) is 1. The van der Waals surface area contributed by atoms with E-state index in [1.54, 1.807) is 4.90 Å². The molecule has 6 heteroatoms. The molecule has 0 radical (unpaired) electrons. The maximum atomic E-state index is 11.8. The van der Waals surface area contributed by atoms with Gasteiger partial charge in [-0.15, -0.1) is 0 Å². The number of amides is 2. The molecule has 1 unspecified atom stereocenters. The van der Waals surface area contributed by atoms with Gasteiger partial charge in [-0.3, -0.25) is 4.79 Å². The number of carbonyl (C=O) groups excluding carboxylic acids is 1. The van der Waals surface area contributed by atoms with Crippen molar-refractivity contribution < 1.29 is 19.4 Å². The lowest BCUT2D eigenvalue weighted by molar-refractivity contribution is -0.141. The van der Waals surface area contributed by atoms with Crippen molar-refractivity contribution in [2.45, 2.75) is 12.8 Å². The van der Waals surface area contributed by atoms with Crippen LogP contribution in [-0.2, 0) is 4.79 Å². The predicted octanol–water partition coefficient (Wildman–Crippen LogP) is 1.57. The van der Waals surface area contributed by atoms with Crippen LogP contribution < -0.4 is 10.1 Å². The lowest BCUT2D eigenvalue weighted by atomic mass is 10.1. The summed E-state index contributed by atoms with van der Waals surface area (Å²) in [7, 11) is 0. The molecule has 0 aliphatic carbocycles. The second-order valence-electron chi connectivity index (χ2n) is 5.02. The number of nitrogens with one attached hydrogen (secondary N) is 1. The zero-order chi connectivity index (χ0) is 15.1. The van der Waals surface area contributed by atoms with Crippen molar-refractivity contribution in [1.82, 2.24) is 10.2 Å². The third kappa shape index (κ3) is 4.66. The molecular weight excluding hydrogens is 272 g/mol. The highest BCUT2D eigenvalue weighted by molar-refractivity contribution is 5.77. The van der Waals surface area contributed by atoms with Crippen LogP contribution in [0.1, 0.15) is 12.8 Å². The maximum Gasteiger partial charge on any atom is 0.317 e. The molecule has 1 heterocycles. The number of carbonyl (C=O) groups is 2. The zero-order valence-electron chi connectivity index (χ0n) is 11.8. The molecule has 1 aliphatic rings. The fourth-order valence-corrected chi connectivity index (χ4v) is 2.23. The molecule has 114 valence electrons. The number of benzene rings is 1. The Balaban J connectivity index is 1.59. The number of hydrogen-bond donors (Lipinski definition) is 2. The van der Waals surface area contributed by atoms with E-state index in [0.29, 0.717) is 39.1 Å². The number of nitrogens with zero attached hydrogens (tertiary/aromatic N) is 1. The number of para-hydroxylation sites is 1. The number of urea groups is 1. The van der Waals surface area contributed by atoms with Crippen LogP contribution in [0.15, 0.2) is 30.3 Å². The van der Waals surface area contributed by atoms with Crippen molar-refractivity contribution in [3.05, 3.63) is 30.3 Å². The molecule has 0 bridgehead atoms. The third-order valence-corrected chi connectivity index (χ3v) is 3.43. The first-order valence-corrected chi connectivity index (χ1v) is 7.10. The highest BCUT2D eigenvalue weighted by Crippen LogP contribution is 2.16. The Hall–Kier alpha value is -2.24. The van der Waals surface area contributed by atoms with Gasteiger partial charge in [0, 0.05) is 19.6 Å². The standard InChI is InChI=1S/C15H20N2O4/c18-14(19)12-7-9-17(11-12)15(20)16-8-4-10-21-13-5-2-1-3-6-13/h1-3,5-6,12H,4,7-11H2,(H,16,20)(H,18,19).